The van der Waals surface area contributed by atoms with Crippen LogP contribution in [0.2, 0.25) is 0 Å². The molecule has 94 valence electrons. The molecular formula is C10H13N7O. The Hall–Kier alpha value is -2.48. The number of amides is 1. The number of rotatable bonds is 3. The van der Waals surface area contributed by atoms with Crippen molar-refractivity contribution in [2.24, 2.45) is 12.9 Å². The SMILES string of the molecule is Cc1cc(C(=O)Nc2ncnn2C)cc(NN)n1. The van der Waals surface area contributed by atoms with E-state index >= 15 is 0 Å². The number of nitrogens with zero attached hydrogens (tertiary/aromatic N) is 4. The van der Waals surface area contributed by atoms with E-state index in [1.165, 1.54) is 11.0 Å². The number of carbonyl (C=O) groups excluding carboxylic acids is 1. The van der Waals surface area contributed by atoms with Gasteiger partial charge >= 0.3 is 0 Å². The Bertz CT molecular complexity index is 577. The van der Waals surface area contributed by atoms with Gasteiger partial charge in [-0.2, -0.15) is 10.1 Å². The van der Waals surface area contributed by atoms with Crippen LogP contribution in [0.4, 0.5) is 11.8 Å². The topological polar surface area (TPSA) is 111 Å². The second kappa shape index (κ2) is 4.80. The van der Waals surface area contributed by atoms with E-state index in [4.69, 9.17) is 5.84 Å². The van der Waals surface area contributed by atoms with Gasteiger partial charge in [0.1, 0.15) is 12.1 Å². The highest BCUT2D eigenvalue weighted by Gasteiger charge is 2.11. The summed E-state index contributed by atoms with van der Waals surface area (Å²) in [4.78, 5) is 20.0. The Morgan fingerprint density at radius 2 is 2.22 bits per heavy atom. The largest absolute Gasteiger partial charge is 0.308 e. The van der Waals surface area contributed by atoms with Gasteiger partial charge in [-0.3, -0.25) is 10.1 Å². The minimum Gasteiger partial charge on any atom is -0.308 e. The number of aromatic nitrogens is 4. The first-order chi connectivity index (χ1) is 8.60. The zero-order chi connectivity index (χ0) is 13.1. The molecule has 2 rings (SSSR count). The van der Waals surface area contributed by atoms with Crippen LogP contribution in [-0.4, -0.2) is 25.7 Å². The summed E-state index contributed by atoms with van der Waals surface area (Å²) in [5.74, 6) is 5.78. The van der Waals surface area contributed by atoms with E-state index < -0.39 is 0 Å². The number of aryl methyl sites for hydroxylation is 2. The third-order valence-corrected chi connectivity index (χ3v) is 2.30. The normalized spacial score (nSPS) is 10.2. The summed E-state index contributed by atoms with van der Waals surface area (Å²) in [6, 6.07) is 3.21. The highest BCUT2D eigenvalue weighted by atomic mass is 16.1. The molecule has 0 atom stereocenters. The summed E-state index contributed by atoms with van der Waals surface area (Å²) in [7, 11) is 1.69. The van der Waals surface area contributed by atoms with Crippen molar-refractivity contribution in [3.63, 3.8) is 0 Å². The van der Waals surface area contributed by atoms with Crippen molar-refractivity contribution in [2.75, 3.05) is 10.7 Å². The fourth-order valence-corrected chi connectivity index (χ4v) is 1.46. The maximum absolute atomic E-state index is 12.0. The molecule has 2 aromatic heterocycles. The number of nitrogens with one attached hydrogen (secondary N) is 2. The standard InChI is InChI=1S/C10H13N7O/c1-6-3-7(4-8(14-6)16-11)9(18)15-10-12-5-13-17(10)2/h3-5H,11H2,1-2H3,(H,14,16)(H,12,13,15,18). The van der Waals surface area contributed by atoms with Gasteiger partial charge in [-0.1, -0.05) is 0 Å². The van der Waals surface area contributed by atoms with Crippen LogP contribution in [0.1, 0.15) is 16.1 Å². The highest BCUT2D eigenvalue weighted by molar-refractivity contribution is 6.03. The minimum absolute atomic E-state index is 0.298. The highest BCUT2D eigenvalue weighted by Crippen LogP contribution is 2.11. The van der Waals surface area contributed by atoms with Crippen LogP contribution < -0.4 is 16.6 Å². The number of hydrogen-bond acceptors (Lipinski definition) is 6. The van der Waals surface area contributed by atoms with Gasteiger partial charge in [0.15, 0.2) is 0 Å². The van der Waals surface area contributed by atoms with E-state index in [0.717, 1.165) is 0 Å². The molecule has 0 saturated heterocycles. The number of nitrogen functional groups attached to an aromatic ring is 1. The van der Waals surface area contributed by atoms with Crippen LogP contribution >= 0.6 is 0 Å². The lowest BCUT2D eigenvalue weighted by molar-refractivity contribution is 0.102. The van der Waals surface area contributed by atoms with E-state index in [1.807, 2.05) is 0 Å². The van der Waals surface area contributed by atoms with Crippen LogP contribution in [0.15, 0.2) is 18.5 Å². The Balaban J connectivity index is 2.24. The van der Waals surface area contributed by atoms with Gasteiger partial charge in [0.05, 0.1) is 0 Å². The van der Waals surface area contributed by atoms with Gasteiger partial charge < -0.3 is 5.43 Å². The third kappa shape index (κ3) is 2.43. The molecule has 18 heavy (non-hydrogen) atoms. The number of anilines is 2. The van der Waals surface area contributed by atoms with Crippen LogP contribution in [0, 0.1) is 6.92 Å². The predicted octanol–water partition coefficient (Wildman–Crippen LogP) is 0.0564. The van der Waals surface area contributed by atoms with E-state index in [2.05, 4.69) is 25.8 Å². The van der Waals surface area contributed by atoms with Gasteiger partial charge in [-0.05, 0) is 19.1 Å². The summed E-state index contributed by atoms with van der Waals surface area (Å²) < 4.78 is 1.47. The molecule has 2 heterocycles. The predicted molar refractivity (Wildman–Crippen MR) is 65.7 cm³/mol. The summed E-state index contributed by atoms with van der Waals surface area (Å²) in [6.07, 6.45) is 1.36. The first-order valence-electron chi connectivity index (χ1n) is 5.21. The fraction of sp³-hybridized carbons (Fsp3) is 0.200. The Labute approximate surface area is 103 Å². The second-order valence-electron chi connectivity index (χ2n) is 3.69. The quantitative estimate of drug-likeness (QED) is 0.522. The van der Waals surface area contributed by atoms with Gasteiger partial charge in [0.2, 0.25) is 5.95 Å². The second-order valence-corrected chi connectivity index (χ2v) is 3.69. The number of carbonyl (C=O) groups is 1. The molecule has 0 bridgehead atoms. The molecule has 0 aliphatic heterocycles. The molecule has 4 N–H and O–H groups in total. The number of hydrazine groups is 1. The summed E-state index contributed by atoms with van der Waals surface area (Å²) in [5, 5.41) is 6.50. The lowest BCUT2D eigenvalue weighted by atomic mass is 10.2. The summed E-state index contributed by atoms with van der Waals surface area (Å²) in [5.41, 5.74) is 3.54. The van der Waals surface area contributed by atoms with E-state index in [1.54, 1.807) is 26.1 Å². The fourth-order valence-electron chi connectivity index (χ4n) is 1.46. The van der Waals surface area contributed by atoms with E-state index in [-0.39, 0.29) is 5.91 Å². The van der Waals surface area contributed by atoms with Crippen LogP contribution in [-0.2, 0) is 7.05 Å². The van der Waals surface area contributed by atoms with Crippen molar-refractivity contribution in [1.82, 2.24) is 19.7 Å². The Morgan fingerprint density at radius 3 is 2.83 bits per heavy atom. The molecule has 0 spiro atoms. The van der Waals surface area contributed by atoms with Crippen molar-refractivity contribution in [3.05, 3.63) is 29.7 Å². The summed E-state index contributed by atoms with van der Waals surface area (Å²) >= 11 is 0. The van der Waals surface area contributed by atoms with Gasteiger partial charge in [0, 0.05) is 18.3 Å². The van der Waals surface area contributed by atoms with Crippen molar-refractivity contribution in [2.45, 2.75) is 6.92 Å². The monoisotopic (exact) mass is 247 g/mol. The van der Waals surface area contributed by atoms with Crippen LogP contribution in [0.3, 0.4) is 0 Å². The number of pyridine rings is 1. The third-order valence-electron chi connectivity index (χ3n) is 2.30. The molecule has 8 heteroatoms. The molecule has 8 nitrogen and oxygen atoms in total. The lowest BCUT2D eigenvalue weighted by Crippen LogP contribution is -2.17. The summed E-state index contributed by atoms with van der Waals surface area (Å²) in [6.45, 7) is 1.78. The van der Waals surface area contributed by atoms with Crippen molar-refractivity contribution < 1.29 is 4.79 Å². The molecule has 2 aromatic rings. The van der Waals surface area contributed by atoms with E-state index in [0.29, 0.717) is 23.0 Å². The molecular weight excluding hydrogens is 234 g/mol. The maximum Gasteiger partial charge on any atom is 0.258 e. The van der Waals surface area contributed by atoms with E-state index in [9.17, 15) is 4.79 Å². The smallest absolute Gasteiger partial charge is 0.258 e. The molecule has 0 radical (unpaired) electrons. The first-order valence-corrected chi connectivity index (χ1v) is 5.21. The minimum atomic E-state index is -0.298. The Morgan fingerprint density at radius 1 is 1.44 bits per heavy atom. The zero-order valence-corrected chi connectivity index (χ0v) is 10.0. The van der Waals surface area contributed by atoms with Crippen LogP contribution in [0.25, 0.3) is 0 Å². The van der Waals surface area contributed by atoms with Crippen molar-refractivity contribution in [1.29, 1.82) is 0 Å². The van der Waals surface area contributed by atoms with Gasteiger partial charge in [-0.15, -0.1) is 0 Å². The zero-order valence-electron chi connectivity index (χ0n) is 10.0. The lowest BCUT2D eigenvalue weighted by Gasteiger charge is -2.06. The molecule has 0 aliphatic carbocycles. The number of hydrogen-bond donors (Lipinski definition) is 3. The molecule has 0 unspecified atom stereocenters. The Kier molecular flexibility index (Phi) is 3.20. The van der Waals surface area contributed by atoms with Crippen LogP contribution in [0.5, 0.6) is 0 Å². The molecule has 1 amide bonds. The molecule has 0 aliphatic rings. The average Bonchev–Trinajstić information content (AvgIpc) is 2.74. The first kappa shape index (κ1) is 12.0. The van der Waals surface area contributed by atoms with Gasteiger partial charge in [-0.25, -0.2) is 15.5 Å². The van der Waals surface area contributed by atoms with Crippen molar-refractivity contribution in [3.8, 4) is 0 Å². The number of nitrogens with two attached hydrogens (primary N) is 1. The molecule has 0 aromatic carbocycles. The average molecular weight is 247 g/mol. The maximum atomic E-state index is 12.0. The van der Waals surface area contributed by atoms with Crippen molar-refractivity contribution >= 4 is 17.7 Å². The molecule has 0 fully saturated rings. The van der Waals surface area contributed by atoms with Gasteiger partial charge in [0.25, 0.3) is 5.91 Å². The molecule has 0 saturated carbocycles.